The Morgan fingerprint density at radius 1 is 1.45 bits per heavy atom. The first-order valence-electron chi connectivity index (χ1n) is 8.51. The molecule has 1 aliphatic rings. The molecule has 122 valence electrons. The standard InChI is InChI=1S/C18H30N4/c1-4-16-9-7-10-17(12-16)21-18(19)20-13-15(3)22-11-6-5-8-14(22)2/h7,9-10,12,14-15H,4-6,8,11,13H2,1-3H3,(H3,19,20,21). The fraction of sp³-hybridized carbons (Fsp3) is 0.611. The fourth-order valence-corrected chi connectivity index (χ4v) is 3.17. The van der Waals surface area contributed by atoms with Gasteiger partial charge in [-0.3, -0.25) is 9.89 Å². The summed E-state index contributed by atoms with van der Waals surface area (Å²) in [5.41, 5.74) is 8.34. The molecule has 4 heteroatoms. The van der Waals surface area contributed by atoms with Crippen LogP contribution < -0.4 is 11.1 Å². The van der Waals surface area contributed by atoms with Crippen LogP contribution in [0.1, 0.15) is 45.6 Å². The van der Waals surface area contributed by atoms with Gasteiger partial charge in [0, 0.05) is 17.8 Å². The topological polar surface area (TPSA) is 53.6 Å². The highest BCUT2D eigenvalue weighted by Crippen LogP contribution is 2.19. The van der Waals surface area contributed by atoms with Crippen LogP contribution in [-0.4, -0.2) is 36.0 Å². The number of hydrogen-bond acceptors (Lipinski definition) is 2. The average Bonchev–Trinajstić information content (AvgIpc) is 2.53. The van der Waals surface area contributed by atoms with Crippen LogP contribution in [0.5, 0.6) is 0 Å². The molecular formula is C18H30N4. The van der Waals surface area contributed by atoms with Gasteiger partial charge in [-0.05, 0) is 57.4 Å². The molecule has 0 aliphatic carbocycles. The smallest absolute Gasteiger partial charge is 0.193 e. The predicted octanol–water partition coefficient (Wildman–Crippen LogP) is 3.24. The number of anilines is 1. The molecule has 0 radical (unpaired) electrons. The first-order valence-corrected chi connectivity index (χ1v) is 8.51. The maximum absolute atomic E-state index is 6.03. The van der Waals surface area contributed by atoms with Crippen molar-refractivity contribution in [1.29, 1.82) is 0 Å². The van der Waals surface area contributed by atoms with E-state index >= 15 is 0 Å². The number of nitrogens with one attached hydrogen (secondary N) is 1. The number of rotatable bonds is 5. The van der Waals surface area contributed by atoms with E-state index in [1.807, 2.05) is 12.1 Å². The van der Waals surface area contributed by atoms with Crippen molar-refractivity contribution in [2.45, 2.75) is 58.5 Å². The van der Waals surface area contributed by atoms with E-state index in [1.54, 1.807) is 0 Å². The lowest BCUT2D eigenvalue weighted by Crippen LogP contribution is -2.45. The van der Waals surface area contributed by atoms with Crippen molar-refractivity contribution >= 4 is 11.6 Å². The SMILES string of the molecule is CCc1cccc(NC(N)=NCC(C)N2CCCCC2C)c1. The Morgan fingerprint density at radius 3 is 3.00 bits per heavy atom. The molecule has 0 saturated carbocycles. The zero-order valence-electron chi connectivity index (χ0n) is 14.2. The highest BCUT2D eigenvalue weighted by atomic mass is 15.2. The molecule has 1 heterocycles. The number of aryl methyl sites for hydroxylation is 1. The van der Waals surface area contributed by atoms with Crippen molar-refractivity contribution in [3.8, 4) is 0 Å². The summed E-state index contributed by atoms with van der Waals surface area (Å²) in [4.78, 5) is 7.08. The van der Waals surface area contributed by atoms with Crippen LogP contribution in [0.3, 0.4) is 0 Å². The largest absolute Gasteiger partial charge is 0.370 e. The summed E-state index contributed by atoms with van der Waals surface area (Å²) in [5.74, 6) is 0.504. The fourth-order valence-electron chi connectivity index (χ4n) is 3.17. The summed E-state index contributed by atoms with van der Waals surface area (Å²) in [6, 6.07) is 9.42. The van der Waals surface area contributed by atoms with Crippen LogP contribution in [0.15, 0.2) is 29.3 Å². The summed E-state index contributed by atoms with van der Waals surface area (Å²) in [6.07, 6.45) is 4.98. The van der Waals surface area contributed by atoms with Gasteiger partial charge in [0.1, 0.15) is 0 Å². The van der Waals surface area contributed by atoms with E-state index in [0.717, 1.165) is 18.7 Å². The number of nitrogens with two attached hydrogens (primary N) is 1. The van der Waals surface area contributed by atoms with Crippen LogP contribution >= 0.6 is 0 Å². The van der Waals surface area contributed by atoms with E-state index < -0.39 is 0 Å². The number of likely N-dealkylation sites (tertiary alicyclic amines) is 1. The molecule has 3 N–H and O–H groups in total. The van der Waals surface area contributed by atoms with E-state index in [4.69, 9.17) is 5.73 Å². The first kappa shape index (κ1) is 16.8. The summed E-state index contributed by atoms with van der Waals surface area (Å²) in [5, 5.41) is 3.20. The van der Waals surface area contributed by atoms with Gasteiger partial charge in [0.15, 0.2) is 5.96 Å². The lowest BCUT2D eigenvalue weighted by atomic mass is 10.0. The first-order chi connectivity index (χ1) is 10.6. The normalized spacial score (nSPS) is 21.6. The monoisotopic (exact) mass is 302 g/mol. The van der Waals surface area contributed by atoms with Gasteiger partial charge in [0.2, 0.25) is 0 Å². The highest BCUT2D eigenvalue weighted by molar-refractivity contribution is 5.92. The van der Waals surface area contributed by atoms with Gasteiger partial charge in [0.25, 0.3) is 0 Å². The Labute approximate surface area is 134 Å². The Balaban J connectivity index is 1.88. The average molecular weight is 302 g/mol. The van der Waals surface area contributed by atoms with E-state index in [9.17, 15) is 0 Å². The minimum Gasteiger partial charge on any atom is -0.370 e. The molecule has 0 aromatic heterocycles. The van der Waals surface area contributed by atoms with Crippen LogP contribution in [0.25, 0.3) is 0 Å². The lowest BCUT2D eigenvalue weighted by Gasteiger charge is -2.37. The molecule has 22 heavy (non-hydrogen) atoms. The predicted molar refractivity (Wildman–Crippen MR) is 95.4 cm³/mol. The van der Waals surface area contributed by atoms with E-state index in [0.29, 0.717) is 18.0 Å². The quantitative estimate of drug-likeness (QED) is 0.648. The van der Waals surface area contributed by atoms with Gasteiger partial charge in [-0.1, -0.05) is 25.5 Å². The Kier molecular flexibility index (Phi) is 6.25. The summed E-state index contributed by atoms with van der Waals surface area (Å²) in [7, 11) is 0. The second-order valence-corrected chi connectivity index (χ2v) is 6.34. The van der Waals surface area contributed by atoms with E-state index in [2.05, 4.69) is 48.1 Å². The van der Waals surface area contributed by atoms with Crippen molar-refractivity contribution in [2.24, 2.45) is 10.7 Å². The van der Waals surface area contributed by atoms with Crippen LogP contribution in [-0.2, 0) is 6.42 Å². The van der Waals surface area contributed by atoms with Crippen LogP contribution in [0, 0.1) is 0 Å². The maximum Gasteiger partial charge on any atom is 0.193 e. The van der Waals surface area contributed by atoms with Crippen molar-refractivity contribution in [2.75, 3.05) is 18.4 Å². The summed E-state index contributed by atoms with van der Waals surface area (Å²) < 4.78 is 0. The van der Waals surface area contributed by atoms with Crippen molar-refractivity contribution in [3.63, 3.8) is 0 Å². The number of benzene rings is 1. The second-order valence-electron chi connectivity index (χ2n) is 6.34. The van der Waals surface area contributed by atoms with Crippen LogP contribution in [0.2, 0.25) is 0 Å². The maximum atomic E-state index is 6.03. The van der Waals surface area contributed by atoms with Crippen LogP contribution in [0.4, 0.5) is 5.69 Å². The Hall–Kier alpha value is -1.55. The molecule has 4 nitrogen and oxygen atoms in total. The Morgan fingerprint density at radius 2 is 2.27 bits per heavy atom. The molecule has 1 fully saturated rings. The molecule has 0 bridgehead atoms. The Bertz CT molecular complexity index is 498. The number of hydrogen-bond donors (Lipinski definition) is 2. The number of guanidine groups is 1. The number of aliphatic imine (C=N–C) groups is 1. The molecule has 2 atom stereocenters. The third-order valence-corrected chi connectivity index (χ3v) is 4.55. The minimum absolute atomic E-state index is 0.442. The van der Waals surface area contributed by atoms with Gasteiger partial charge in [-0.2, -0.15) is 0 Å². The minimum atomic E-state index is 0.442. The molecule has 1 aliphatic heterocycles. The zero-order chi connectivity index (χ0) is 15.9. The number of nitrogens with zero attached hydrogens (tertiary/aromatic N) is 2. The van der Waals surface area contributed by atoms with Gasteiger partial charge in [-0.15, -0.1) is 0 Å². The van der Waals surface area contributed by atoms with Gasteiger partial charge >= 0.3 is 0 Å². The van der Waals surface area contributed by atoms with E-state index in [-0.39, 0.29) is 0 Å². The summed E-state index contributed by atoms with van der Waals surface area (Å²) >= 11 is 0. The molecule has 2 unspecified atom stereocenters. The molecule has 1 aromatic carbocycles. The molecular weight excluding hydrogens is 272 g/mol. The second kappa shape index (κ2) is 8.18. The van der Waals surface area contributed by atoms with Gasteiger partial charge in [0.05, 0.1) is 6.54 Å². The van der Waals surface area contributed by atoms with Crippen molar-refractivity contribution in [1.82, 2.24) is 4.90 Å². The molecule has 0 amide bonds. The van der Waals surface area contributed by atoms with Gasteiger partial charge < -0.3 is 11.1 Å². The highest BCUT2D eigenvalue weighted by Gasteiger charge is 2.22. The van der Waals surface area contributed by atoms with Gasteiger partial charge in [-0.25, -0.2) is 0 Å². The van der Waals surface area contributed by atoms with Crippen molar-refractivity contribution < 1.29 is 0 Å². The van der Waals surface area contributed by atoms with E-state index in [1.165, 1.54) is 31.4 Å². The molecule has 2 rings (SSSR count). The molecule has 1 aromatic rings. The zero-order valence-corrected chi connectivity index (χ0v) is 14.2. The third-order valence-electron chi connectivity index (χ3n) is 4.55. The summed E-state index contributed by atoms with van der Waals surface area (Å²) in [6.45, 7) is 8.64. The third kappa shape index (κ3) is 4.73. The molecule has 0 spiro atoms. The number of piperidine rings is 1. The lowest BCUT2D eigenvalue weighted by molar-refractivity contribution is 0.118. The van der Waals surface area contributed by atoms with Crippen molar-refractivity contribution in [3.05, 3.63) is 29.8 Å². The molecule has 1 saturated heterocycles.